The van der Waals surface area contributed by atoms with Crippen LogP contribution < -0.4 is 0 Å². The Balaban J connectivity index is 2.08. The maximum atomic E-state index is 12.1. The third kappa shape index (κ3) is 11.9. The molecule has 0 aliphatic carbocycles. The molecule has 0 aliphatic heterocycles. The number of carbonyl (C=O) groups excluding carboxylic acids is 1. The summed E-state index contributed by atoms with van der Waals surface area (Å²) in [6.45, 7) is 2.24. The number of rotatable bonds is 15. The standard InChI is InChI=1S/C23H35F3O/c1-2-3-4-5-6-7-8-9-10-13-20-16-18-21(19-17-20)14-11-12-15-22(27)23(24,25)26/h16-19H,2-15H2,1H3. The highest BCUT2D eigenvalue weighted by atomic mass is 19.4. The molecule has 1 aromatic carbocycles. The molecule has 154 valence electrons. The Kier molecular flexibility index (Phi) is 12.1. The van der Waals surface area contributed by atoms with E-state index in [1.165, 1.54) is 63.4 Å². The number of ketones is 1. The molecular formula is C23H35F3O. The first-order valence-electron chi connectivity index (χ1n) is 10.6. The Hall–Kier alpha value is -1.32. The van der Waals surface area contributed by atoms with Gasteiger partial charge in [0, 0.05) is 6.42 Å². The molecule has 1 rings (SSSR count). The molecule has 0 saturated carbocycles. The second kappa shape index (κ2) is 13.8. The van der Waals surface area contributed by atoms with Crippen LogP contribution in [0.3, 0.4) is 0 Å². The first-order chi connectivity index (χ1) is 12.9. The van der Waals surface area contributed by atoms with Crippen LogP contribution in [-0.2, 0) is 17.6 Å². The molecule has 0 aliphatic rings. The van der Waals surface area contributed by atoms with E-state index in [4.69, 9.17) is 0 Å². The molecule has 0 unspecified atom stereocenters. The molecule has 1 aromatic rings. The van der Waals surface area contributed by atoms with Gasteiger partial charge < -0.3 is 0 Å². The number of hydrogen-bond acceptors (Lipinski definition) is 1. The fourth-order valence-corrected chi connectivity index (χ4v) is 3.27. The number of benzene rings is 1. The largest absolute Gasteiger partial charge is 0.449 e. The number of aryl methyl sites for hydroxylation is 2. The second-order valence-electron chi connectivity index (χ2n) is 7.52. The Morgan fingerprint density at radius 2 is 1.11 bits per heavy atom. The highest BCUT2D eigenvalue weighted by Crippen LogP contribution is 2.20. The van der Waals surface area contributed by atoms with Crippen LogP contribution >= 0.6 is 0 Å². The van der Waals surface area contributed by atoms with Crippen molar-refractivity contribution in [2.24, 2.45) is 0 Å². The zero-order valence-corrected chi connectivity index (χ0v) is 16.8. The van der Waals surface area contributed by atoms with Crippen LogP contribution in [0.1, 0.15) is 95.1 Å². The average molecular weight is 385 g/mol. The molecule has 4 heteroatoms. The van der Waals surface area contributed by atoms with Gasteiger partial charge in [0.25, 0.3) is 0 Å². The van der Waals surface area contributed by atoms with E-state index in [9.17, 15) is 18.0 Å². The molecular weight excluding hydrogens is 349 g/mol. The molecule has 0 radical (unpaired) electrons. The van der Waals surface area contributed by atoms with Crippen molar-refractivity contribution >= 4 is 5.78 Å². The van der Waals surface area contributed by atoms with Crippen molar-refractivity contribution in [3.05, 3.63) is 35.4 Å². The third-order valence-corrected chi connectivity index (χ3v) is 5.03. The molecule has 0 amide bonds. The zero-order chi connectivity index (χ0) is 20.0. The SMILES string of the molecule is CCCCCCCCCCCc1ccc(CCCCC(=O)C(F)(F)F)cc1. The van der Waals surface area contributed by atoms with Gasteiger partial charge in [0.1, 0.15) is 0 Å². The molecule has 0 fully saturated rings. The number of carbonyl (C=O) groups is 1. The van der Waals surface area contributed by atoms with Crippen molar-refractivity contribution in [1.29, 1.82) is 0 Å². The van der Waals surface area contributed by atoms with E-state index in [-0.39, 0.29) is 0 Å². The van der Waals surface area contributed by atoms with E-state index in [0.717, 1.165) is 18.4 Å². The van der Waals surface area contributed by atoms with Crippen LogP contribution in [0.5, 0.6) is 0 Å². The van der Waals surface area contributed by atoms with E-state index in [2.05, 4.69) is 31.2 Å². The molecule has 27 heavy (non-hydrogen) atoms. The summed E-state index contributed by atoms with van der Waals surface area (Å²) in [5.74, 6) is -1.61. The minimum Gasteiger partial charge on any atom is -0.290 e. The fraction of sp³-hybridized carbons (Fsp3) is 0.696. The van der Waals surface area contributed by atoms with E-state index < -0.39 is 18.4 Å². The number of hydrogen-bond donors (Lipinski definition) is 0. The van der Waals surface area contributed by atoms with Gasteiger partial charge in [0.15, 0.2) is 0 Å². The monoisotopic (exact) mass is 384 g/mol. The first kappa shape index (κ1) is 23.7. The summed E-state index contributed by atoms with van der Waals surface area (Å²) in [5, 5.41) is 0. The number of Topliss-reactive ketones (excluding diaryl/α,β-unsaturated/α-hetero) is 1. The third-order valence-electron chi connectivity index (χ3n) is 5.03. The lowest BCUT2D eigenvalue weighted by Crippen LogP contribution is -2.22. The summed E-state index contributed by atoms with van der Waals surface area (Å²) in [4.78, 5) is 10.8. The van der Waals surface area contributed by atoms with Gasteiger partial charge in [-0.1, -0.05) is 82.6 Å². The quantitative estimate of drug-likeness (QED) is 0.284. The van der Waals surface area contributed by atoms with E-state index in [0.29, 0.717) is 12.8 Å². The predicted octanol–water partition coefficient (Wildman–Crippen LogP) is 7.60. The number of unbranched alkanes of at least 4 members (excludes halogenated alkanes) is 9. The normalized spacial score (nSPS) is 11.7. The van der Waals surface area contributed by atoms with Crippen LogP contribution in [-0.4, -0.2) is 12.0 Å². The van der Waals surface area contributed by atoms with Crippen LogP contribution in [0.25, 0.3) is 0 Å². The number of alkyl halides is 3. The Labute approximate surface area is 162 Å². The molecule has 1 nitrogen and oxygen atoms in total. The molecule has 0 heterocycles. The van der Waals surface area contributed by atoms with Crippen molar-refractivity contribution in [3.8, 4) is 0 Å². The molecule has 0 atom stereocenters. The van der Waals surface area contributed by atoms with Crippen molar-refractivity contribution in [2.45, 2.75) is 103 Å². The van der Waals surface area contributed by atoms with Crippen molar-refractivity contribution in [3.63, 3.8) is 0 Å². The van der Waals surface area contributed by atoms with Crippen molar-refractivity contribution in [1.82, 2.24) is 0 Å². The molecule has 0 N–H and O–H groups in total. The topological polar surface area (TPSA) is 17.1 Å². The highest BCUT2D eigenvalue weighted by molar-refractivity contribution is 5.83. The second-order valence-corrected chi connectivity index (χ2v) is 7.52. The summed E-state index contributed by atoms with van der Waals surface area (Å²) in [5.41, 5.74) is 2.46. The lowest BCUT2D eigenvalue weighted by molar-refractivity contribution is -0.171. The lowest BCUT2D eigenvalue weighted by atomic mass is 10.0. The summed E-state index contributed by atoms with van der Waals surface area (Å²) in [7, 11) is 0. The Morgan fingerprint density at radius 3 is 1.56 bits per heavy atom. The van der Waals surface area contributed by atoms with Crippen molar-refractivity contribution in [2.75, 3.05) is 0 Å². The van der Waals surface area contributed by atoms with Gasteiger partial charge in [-0.25, -0.2) is 0 Å². The summed E-state index contributed by atoms with van der Waals surface area (Å²) in [6.07, 6.45) is 9.58. The highest BCUT2D eigenvalue weighted by Gasteiger charge is 2.36. The lowest BCUT2D eigenvalue weighted by Gasteiger charge is -2.06. The maximum Gasteiger partial charge on any atom is 0.449 e. The minimum absolute atomic E-state index is 0.290. The number of halogens is 3. The van der Waals surface area contributed by atoms with Gasteiger partial charge in [-0.15, -0.1) is 0 Å². The summed E-state index contributed by atoms with van der Waals surface area (Å²) >= 11 is 0. The Morgan fingerprint density at radius 1 is 0.704 bits per heavy atom. The van der Waals surface area contributed by atoms with Gasteiger partial charge in [-0.2, -0.15) is 13.2 Å². The van der Waals surface area contributed by atoms with Gasteiger partial charge in [0.05, 0.1) is 0 Å². The van der Waals surface area contributed by atoms with E-state index >= 15 is 0 Å². The average Bonchev–Trinajstić information content (AvgIpc) is 2.64. The van der Waals surface area contributed by atoms with Gasteiger partial charge in [-0.05, 0) is 43.2 Å². The van der Waals surface area contributed by atoms with Crippen LogP contribution in [0.4, 0.5) is 13.2 Å². The summed E-state index contributed by atoms with van der Waals surface area (Å²) in [6, 6.07) is 8.38. The van der Waals surface area contributed by atoms with Gasteiger partial charge >= 0.3 is 6.18 Å². The van der Waals surface area contributed by atoms with E-state index in [1.807, 2.05) is 0 Å². The zero-order valence-electron chi connectivity index (χ0n) is 16.8. The smallest absolute Gasteiger partial charge is 0.290 e. The fourth-order valence-electron chi connectivity index (χ4n) is 3.27. The molecule has 0 aromatic heterocycles. The minimum atomic E-state index is -4.68. The van der Waals surface area contributed by atoms with Crippen LogP contribution in [0, 0.1) is 0 Å². The van der Waals surface area contributed by atoms with Crippen LogP contribution in [0.15, 0.2) is 24.3 Å². The summed E-state index contributed by atoms with van der Waals surface area (Å²) < 4.78 is 36.4. The Bertz CT molecular complexity index is 505. The maximum absolute atomic E-state index is 12.1. The van der Waals surface area contributed by atoms with E-state index in [1.54, 1.807) is 0 Å². The van der Waals surface area contributed by atoms with Gasteiger partial charge in [-0.3, -0.25) is 4.79 Å². The van der Waals surface area contributed by atoms with Gasteiger partial charge in [0.2, 0.25) is 5.78 Å². The predicted molar refractivity (Wildman–Crippen MR) is 106 cm³/mol. The van der Waals surface area contributed by atoms with Crippen LogP contribution in [0.2, 0.25) is 0 Å². The first-order valence-corrected chi connectivity index (χ1v) is 10.6. The molecule has 0 spiro atoms. The van der Waals surface area contributed by atoms with Crippen molar-refractivity contribution < 1.29 is 18.0 Å². The molecule has 0 saturated heterocycles. The molecule has 0 bridgehead atoms.